The first-order valence-electron chi connectivity index (χ1n) is 5.53. The van der Waals surface area contributed by atoms with E-state index in [1.807, 2.05) is 0 Å². The van der Waals surface area contributed by atoms with Crippen LogP contribution in [0, 0.1) is 10.1 Å². The second-order valence-electron chi connectivity index (χ2n) is 3.90. The fourth-order valence-corrected chi connectivity index (χ4v) is 1.86. The van der Waals surface area contributed by atoms with Gasteiger partial charge in [-0.25, -0.2) is 4.68 Å². The fraction of sp³-hybridized carbons (Fsp3) is 0. The zero-order chi connectivity index (χ0) is 13.2. The van der Waals surface area contributed by atoms with Gasteiger partial charge in [0.1, 0.15) is 5.69 Å². The van der Waals surface area contributed by atoms with Gasteiger partial charge in [0.25, 0.3) is 5.69 Å². The molecule has 7 nitrogen and oxygen atoms in total. The third-order valence-electron chi connectivity index (χ3n) is 2.75. The number of nitrogens with one attached hydrogen (secondary N) is 1. The minimum Gasteiger partial charge on any atom is -0.285 e. The lowest BCUT2D eigenvalue weighted by Gasteiger charge is -2.04. The first-order valence-corrected chi connectivity index (χ1v) is 5.53. The van der Waals surface area contributed by atoms with Gasteiger partial charge in [-0.15, -0.1) is 0 Å². The van der Waals surface area contributed by atoms with Gasteiger partial charge >= 0.3 is 0 Å². The zero-order valence-electron chi connectivity index (χ0n) is 9.72. The molecule has 0 saturated heterocycles. The molecule has 0 radical (unpaired) electrons. The van der Waals surface area contributed by atoms with Crippen molar-refractivity contribution >= 4 is 5.69 Å². The molecular formula is C12H9N5O2. The van der Waals surface area contributed by atoms with Crippen LogP contribution in [0.2, 0.25) is 0 Å². The zero-order valence-corrected chi connectivity index (χ0v) is 9.72. The van der Waals surface area contributed by atoms with E-state index in [1.54, 1.807) is 43.0 Å². The summed E-state index contributed by atoms with van der Waals surface area (Å²) < 4.78 is 1.47. The number of rotatable bonds is 3. The molecule has 7 heteroatoms. The van der Waals surface area contributed by atoms with Crippen molar-refractivity contribution in [2.24, 2.45) is 0 Å². The van der Waals surface area contributed by atoms with Gasteiger partial charge in [0.05, 0.1) is 11.1 Å². The molecule has 0 aliphatic heterocycles. The Labute approximate surface area is 107 Å². The van der Waals surface area contributed by atoms with Gasteiger partial charge in [0.15, 0.2) is 0 Å². The SMILES string of the molecule is O=[N+]([O-])c1cc(-c2cn[nH]c2)ccc1-n1cccn1. The number of nitro benzene ring substituents is 1. The van der Waals surface area contributed by atoms with E-state index in [1.165, 1.54) is 10.7 Å². The molecule has 0 atom stereocenters. The Balaban J connectivity index is 2.15. The lowest BCUT2D eigenvalue weighted by Crippen LogP contribution is -2.00. The van der Waals surface area contributed by atoms with E-state index in [2.05, 4.69) is 15.3 Å². The molecule has 3 rings (SSSR count). The number of nitro groups is 1. The standard InChI is InChI=1S/C12H9N5O2/c18-17(19)12-6-9(10-7-13-14-8-10)2-3-11(12)16-5-1-4-15-16/h1-8H,(H,13,14). The molecule has 0 bridgehead atoms. The van der Waals surface area contributed by atoms with Crippen molar-refractivity contribution in [3.63, 3.8) is 0 Å². The molecule has 1 N–H and O–H groups in total. The van der Waals surface area contributed by atoms with Gasteiger partial charge in [0.2, 0.25) is 0 Å². The van der Waals surface area contributed by atoms with Gasteiger partial charge in [-0.2, -0.15) is 10.2 Å². The third-order valence-corrected chi connectivity index (χ3v) is 2.75. The molecule has 0 aliphatic carbocycles. The van der Waals surface area contributed by atoms with Crippen LogP contribution in [0.4, 0.5) is 5.69 Å². The molecule has 3 aromatic rings. The number of aromatic amines is 1. The maximum atomic E-state index is 11.2. The third kappa shape index (κ3) is 1.97. The number of nitrogens with zero attached hydrogens (tertiary/aromatic N) is 4. The molecule has 0 spiro atoms. The first kappa shape index (κ1) is 11.1. The summed E-state index contributed by atoms with van der Waals surface area (Å²) in [4.78, 5) is 10.8. The minimum atomic E-state index is -0.416. The summed E-state index contributed by atoms with van der Waals surface area (Å²) in [5, 5.41) is 21.7. The highest BCUT2D eigenvalue weighted by Gasteiger charge is 2.17. The summed E-state index contributed by atoms with van der Waals surface area (Å²) in [6.45, 7) is 0. The van der Waals surface area contributed by atoms with Crippen molar-refractivity contribution in [2.75, 3.05) is 0 Å². The van der Waals surface area contributed by atoms with E-state index in [9.17, 15) is 10.1 Å². The van der Waals surface area contributed by atoms with E-state index >= 15 is 0 Å². The van der Waals surface area contributed by atoms with Crippen LogP contribution in [0.15, 0.2) is 49.1 Å². The maximum Gasteiger partial charge on any atom is 0.295 e. The van der Waals surface area contributed by atoms with Crippen molar-refractivity contribution in [3.05, 3.63) is 59.2 Å². The summed E-state index contributed by atoms with van der Waals surface area (Å²) in [6, 6.07) is 6.71. The van der Waals surface area contributed by atoms with Gasteiger partial charge in [0, 0.05) is 30.2 Å². The van der Waals surface area contributed by atoms with Crippen molar-refractivity contribution in [3.8, 4) is 16.8 Å². The van der Waals surface area contributed by atoms with Gasteiger partial charge < -0.3 is 0 Å². The molecule has 1 aromatic carbocycles. The normalized spacial score (nSPS) is 10.5. The highest BCUT2D eigenvalue weighted by Crippen LogP contribution is 2.28. The van der Waals surface area contributed by atoms with Crippen molar-refractivity contribution in [1.29, 1.82) is 0 Å². The van der Waals surface area contributed by atoms with Crippen molar-refractivity contribution in [1.82, 2.24) is 20.0 Å². The number of hydrogen-bond acceptors (Lipinski definition) is 4. The van der Waals surface area contributed by atoms with E-state index < -0.39 is 4.92 Å². The van der Waals surface area contributed by atoms with Gasteiger partial charge in [-0.3, -0.25) is 15.2 Å². The van der Waals surface area contributed by atoms with Crippen molar-refractivity contribution < 1.29 is 4.92 Å². The molecule has 0 saturated carbocycles. The van der Waals surface area contributed by atoms with E-state index in [0.29, 0.717) is 5.69 Å². The molecular weight excluding hydrogens is 246 g/mol. The summed E-state index contributed by atoms with van der Waals surface area (Å²) in [6.07, 6.45) is 6.55. The van der Waals surface area contributed by atoms with Crippen LogP contribution in [-0.2, 0) is 0 Å². The molecule has 94 valence electrons. The Morgan fingerprint density at radius 3 is 2.84 bits per heavy atom. The van der Waals surface area contributed by atoms with Crippen LogP contribution in [0.25, 0.3) is 16.8 Å². The second-order valence-corrected chi connectivity index (χ2v) is 3.90. The lowest BCUT2D eigenvalue weighted by atomic mass is 10.1. The quantitative estimate of drug-likeness (QED) is 0.573. The number of benzene rings is 1. The Hall–Kier alpha value is -2.96. The molecule has 0 amide bonds. The highest BCUT2D eigenvalue weighted by molar-refractivity contribution is 5.69. The van der Waals surface area contributed by atoms with E-state index in [0.717, 1.165) is 11.1 Å². The Kier molecular flexibility index (Phi) is 2.57. The van der Waals surface area contributed by atoms with Crippen LogP contribution in [-0.4, -0.2) is 24.9 Å². The van der Waals surface area contributed by atoms with Crippen LogP contribution in [0.3, 0.4) is 0 Å². The number of H-pyrrole nitrogens is 1. The first-order chi connectivity index (χ1) is 9.25. The van der Waals surface area contributed by atoms with Crippen LogP contribution in [0.1, 0.15) is 0 Å². The van der Waals surface area contributed by atoms with Crippen molar-refractivity contribution in [2.45, 2.75) is 0 Å². The predicted molar refractivity (Wildman–Crippen MR) is 67.8 cm³/mol. The monoisotopic (exact) mass is 255 g/mol. The summed E-state index contributed by atoms with van der Waals surface area (Å²) in [7, 11) is 0. The fourth-order valence-electron chi connectivity index (χ4n) is 1.86. The number of hydrogen-bond donors (Lipinski definition) is 1. The van der Waals surface area contributed by atoms with E-state index in [-0.39, 0.29) is 5.69 Å². The van der Waals surface area contributed by atoms with Gasteiger partial charge in [-0.1, -0.05) is 6.07 Å². The average Bonchev–Trinajstić information content (AvgIpc) is 3.11. The summed E-state index contributed by atoms with van der Waals surface area (Å²) >= 11 is 0. The van der Waals surface area contributed by atoms with E-state index in [4.69, 9.17) is 0 Å². The Morgan fingerprint density at radius 2 is 2.21 bits per heavy atom. The topological polar surface area (TPSA) is 89.6 Å². The molecule has 2 heterocycles. The largest absolute Gasteiger partial charge is 0.295 e. The molecule has 19 heavy (non-hydrogen) atoms. The molecule has 0 unspecified atom stereocenters. The smallest absolute Gasteiger partial charge is 0.285 e. The minimum absolute atomic E-state index is 0.00222. The second kappa shape index (κ2) is 4.37. The maximum absolute atomic E-state index is 11.2. The Morgan fingerprint density at radius 1 is 1.32 bits per heavy atom. The van der Waals surface area contributed by atoms with Crippen LogP contribution < -0.4 is 0 Å². The van der Waals surface area contributed by atoms with Crippen LogP contribution >= 0.6 is 0 Å². The molecule has 0 aliphatic rings. The Bertz CT molecular complexity index is 704. The summed E-state index contributed by atoms with van der Waals surface area (Å²) in [5.41, 5.74) is 1.97. The average molecular weight is 255 g/mol. The molecule has 2 aromatic heterocycles. The highest BCUT2D eigenvalue weighted by atomic mass is 16.6. The number of aromatic nitrogens is 4. The molecule has 0 fully saturated rings. The lowest BCUT2D eigenvalue weighted by molar-refractivity contribution is -0.384. The van der Waals surface area contributed by atoms with Crippen LogP contribution in [0.5, 0.6) is 0 Å². The summed E-state index contributed by atoms with van der Waals surface area (Å²) in [5.74, 6) is 0. The predicted octanol–water partition coefficient (Wildman–Crippen LogP) is 2.17. The van der Waals surface area contributed by atoms with Gasteiger partial charge in [-0.05, 0) is 17.7 Å².